The predicted molar refractivity (Wildman–Crippen MR) is 90.7 cm³/mol. The van der Waals surface area contributed by atoms with Crippen LogP contribution in [0.15, 0.2) is 48.6 Å². The summed E-state index contributed by atoms with van der Waals surface area (Å²) < 4.78 is 1.71. The molecule has 0 saturated heterocycles. The molecule has 1 aliphatic rings. The van der Waals surface area contributed by atoms with E-state index in [0.29, 0.717) is 18.7 Å². The molecular weight excluding hydrogens is 314 g/mol. The molecule has 1 aliphatic heterocycles. The number of aromatic nitrogens is 3. The summed E-state index contributed by atoms with van der Waals surface area (Å²) in [5.74, 6) is -0.0462. The van der Waals surface area contributed by atoms with Crippen LogP contribution in [0.3, 0.4) is 0 Å². The number of rotatable bonds is 5. The van der Waals surface area contributed by atoms with Crippen LogP contribution in [-0.2, 0) is 6.54 Å². The van der Waals surface area contributed by atoms with Crippen LogP contribution in [-0.4, -0.2) is 40.3 Å². The first kappa shape index (κ1) is 17.2. The largest absolute Gasteiger partial charge is 0.348 e. The summed E-state index contributed by atoms with van der Waals surface area (Å²) in [7, 11) is 0. The molecule has 2 heterocycles. The number of nitrogens with zero attached hydrogens (tertiary/aromatic N) is 3. The average molecular weight is 334 g/mol. The SMILES string of the molecule is Cl.O=C(NCC1=CCNCC1)c1ccccc1Cn1cncn1. The Morgan fingerprint density at radius 2 is 2.22 bits per heavy atom. The first-order valence-corrected chi connectivity index (χ1v) is 7.40. The van der Waals surface area contributed by atoms with Gasteiger partial charge in [0.15, 0.2) is 0 Å². The topological polar surface area (TPSA) is 71.8 Å². The molecule has 0 saturated carbocycles. The minimum absolute atomic E-state index is 0. The Morgan fingerprint density at radius 1 is 1.35 bits per heavy atom. The number of carbonyl (C=O) groups excluding carboxylic acids is 1. The quantitative estimate of drug-likeness (QED) is 0.811. The Bertz CT molecular complexity index is 669. The van der Waals surface area contributed by atoms with Gasteiger partial charge in [-0.15, -0.1) is 12.4 Å². The zero-order chi connectivity index (χ0) is 15.2. The van der Waals surface area contributed by atoms with Crippen molar-refractivity contribution < 1.29 is 4.79 Å². The number of benzene rings is 1. The summed E-state index contributed by atoms with van der Waals surface area (Å²) >= 11 is 0. The van der Waals surface area contributed by atoms with Crippen molar-refractivity contribution in [2.24, 2.45) is 0 Å². The van der Waals surface area contributed by atoms with Gasteiger partial charge >= 0.3 is 0 Å². The molecule has 2 N–H and O–H groups in total. The zero-order valence-electron chi connectivity index (χ0n) is 12.7. The van der Waals surface area contributed by atoms with Gasteiger partial charge in [0, 0.05) is 18.7 Å². The Hall–Kier alpha value is -2.18. The highest BCUT2D eigenvalue weighted by Gasteiger charge is 2.12. The predicted octanol–water partition coefficient (Wildman–Crippen LogP) is 1.40. The summed E-state index contributed by atoms with van der Waals surface area (Å²) in [6.07, 6.45) is 6.27. The highest BCUT2D eigenvalue weighted by molar-refractivity contribution is 5.95. The lowest BCUT2D eigenvalue weighted by Crippen LogP contribution is -2.30. The van der Waals surface area contributed by atoms with Crippen LogP contribution in [0.1, 0.15) is 22.3 Å². The van der Waals surface area contributed by atoms with Gasteiger partial charge in [0.2, 0.25) is 0 Å². The van der Waals surface area contributed by atoms with Crippen LogP contribution in [0.25, 0.3) is 0 Å². The van der Waals surface area contributed by atoms with Crippen molar-refractivity contribution in [3.8, 4) is 0 Å². The summed E-state index contributed by atoms with van der Waals surface area (Å²) in [5.41, 5.74) is 2.90. The third-order valence-electron chi connectivity index (χ3n) is 3.69. The van der Waals surface area contributed by atoms with Crippen LogP contribution >= 0.6 is 12.4 Å². The van der Waals surface area contributed by atoms with E-state index in [4.69, 9.17) is 0 Å². The van der Waals surface area contributed by atoms with Crippen molar-refractivity contribution in [2.75, 3.05) is 19.6 Å². The van der Waals surface area contributed by atoms with Gasteiger partial charge in [-0.1, -0.05) is 29.8 Å². The van der Waals surface area contributed by atoms with E-state index in [1.54, 1.807) is 11.0 Å². The van der Waals surface area contributed by atoms with Crippen molar-refractivity contribution in [1.82, 2.24) is 25.4 Å². The van der Waals surface area contributed by atoms with Gasteiger partial charge in [-0.05, 0) is 24.6 Å². The van der Waals surface area contributed by atoms with Gasteiger partial charge in [-0.25, -0.2) is 9.67 Å². The number of hydrogen-bond acceptors (Lipinski definition) is 4. The Balaban J connectivity index is 0.00000192. The lowest BCUT2D eigenvalue weighted by Gasteiger charge is -2.15. The first-order chi connectivity index (χ1) is 10.8. The lowest BCUT2D eigenvalue weighted by molar-refractivity contribution is 0.0955. The van der Waals surface area contributed by atoms with Crippen molar-refractivity contribution in [3.63, 3.8) is 0 Å². The Kier molecular flexibility index (Phi) is 6.31. The summed E-state index contributed by atoms with van der Waals surface area (Å²) in [4.78, 5) is 16.4. The smallest absolute Gasteiger partial charge is 0.251 e. The number of carbonyl (C=O) groups is 1. The molecule has 0 aliphatic carbocycles. The van der Waals surface area contributed by atoms with Gasteiger partial charge in [-0.3, -0.25) is 4.79 Å². The van der Waals surface area contributed by atoms with E-state index in [-0.39, 0.29) is 18.3 Å². The van der Waals surface area contributed by atoms with Crippen molar-refractivity contribution >= 4 is 18.3 Å². The molecule has 0 bridgehead atoms. The van der Waals surface area contributed by atoms with Gasteiger partial charge in [0.05, 0.1) is 6.54 Å². The molecule has 7 heteroatoms. The maximum Gasteiger partial charge on any atom is 0.251 e. The molecule has 0 atom stereocenters. The number of amides is 1. The highest BCUT2D eigenvalue weighted by Crippen LogP contribution is 2.11. The second-order valence-corrected chi connectivity index (χ2v) is 5.25. The standard InChI is InChI=1S/C16H19N5O.ClH/c22-16(19-9-13-5-7-17-8-6-13)15-4-2-1-3-14(15)10-21-12-18-11-20-21;/h1-5,11-12,17H,6-10H2,(H,19,22);1H. The fraction of sp³-hybridized carbons (Fsp3) is 0.312. The molecule has 23 heavy (non-hydrogen) atoms. The van der Waals surface area contributed by atoms with Crippen molar-refractivity contribution in [2.45, 2.75) is 13.0 Å². The van der Waals surface area contributed by atoms with Crippen LogP contribution in [0.2, 0.25) is 0 Å². The normalized spacial score (nSPS) is 13.8. The van der Waals surface area contributed by atoms with Gasteiger partial charge in [0.25, 0.3) is 5.91 Å². The molecule has 0 radical (unpaired) electrons. The molecule has 122 valence electrons. The van der Waals surface area contributed by atoms with Gasteiger partial charge < -0.3 is 10.6 Å². The molecular formula is C16H20ClN5O. The van der Waals surface area contributed by atoms with E-state index in [2.05, 4.69) is 26.8 Å². The van der Waals surface area contributed by atoms with E-state index in [1.807, 2.05) is 24.3 Å². The van der Waals surface area contributed by atoms with E-state index in [1.165, 1.54) is 11.9 Å². The molecule has 0 spiro atoms. The van der Waals surface area contributed by atoms with Crippen LogP contribution in [0.4, 0.5) is 0 Å². The molecule has 1 aromatic heterocycles. The van der Waals surface area contributed by atoms with Crippen LogP contribution in [0, 0.1) is 0 Å². The van der Waals surface area contributed by atoms with E-state index in [0.717, 1.165) is 25.1 Å². The first-order valence-electron chi connectivity index (χ1n) is 7.40. The Morgan fingerprint density at radius 3 is 2.96 bits per heavy atom. The number of hydrogen-bond donors (Lipinski definition) is 2. The average Bonchev–Trinajstić information content (AvgIpc) is 3.07. The third-order valence-corrected chi connectivity index (χ3v) is 3.69. The summed E-state index contributed by atoms with van der Waals surface area (Å²) in [6, 6.07) is 7.60. The molecule has 0 fully saturated rings. The van der Waals surface area contributed by atoms with Crippen LogP contribution < -0.4 is 10.6 Å². The van der Waals surface area contributed by atoms with Crippen LogP contribution in [0.5, 0.6) is 0 Å². The highest BCUT2D eigenvalue weighted by atomic mass is 35.5. The summed E-state index contributed by atoms with van der Waals surface area (Å²) in [5, 5.41) is 10.4. The molecule has 6 nitrogen and oxygen atoms in total. The second-order valence-electron chi connectivity index (χ2n) is 5.25. The fourth-order valence-electron chi connectivity index (χ4n) is 2.49. The van der Waals surface area contributed by atoms with Crippen molar-refractivity contribution in [3.05, 3.63) is 59.7 Å². The van der Waals surface area contributed by atoms with Gasteiger partial charge in [0.1, 0.15) is 12.7 Å². The van der Waals surface area contributed by atoms with E-state index >= 15 is 0 Å². The molecule has 1 aromatic carbocycles. The summed E-state index contributed by atoms with van der Waals surface area (Å²) in [6.45, 7) is 3.01. The zero-order valence-corrected chi connectivity index (χ0v) is 13.6. The molecule has 0 unspecified atom stereocenters. The molecule has 3 rings (SSSR count). The fourth-order valence-corrected chi connectivity index (χ4v) is 2.49. The minimum Gasteiger partial charge on any atom is -0.348 e. The van der Waals surface area contributed by atoms with Crippen molar-refractivity contribution in [1.29, 1.82) is 0 Å². The lowest BCUT2D eigenvalue weighted by atomic mass is 10.1. The number of nitrogens with one attached hydrogen (secondary N) is 2. The van der Waals surface area contributed by atoms with E-state index < -0.39 is 0 Å². The molecule has 2 aromatic rings. The Labute approximate surface area is 141 Å². The maximum atomic E-state index is 12.4. The minimum atomic E-state index is -0.0462. The van der Waals surface area contributed by atoms with E-state index in [9.17, 15) is 4.79 Å². The second kappa shape index (κ2) is 8.45. The maximum absolute atomic E-state index is 12.4. The third kappa shape index (κ3) is 4.64. The monoisotopic (exact) mass is 333 g/mol. The number of halogens is 1. The van der Waals surface area contributed by atoms with Gasteiger partial charge in [-0.2, -0.15) is 5.10 Å². The molecule has 1 amide bonds.